The van der Waals surface area contributed by atoms with Crippen molar-refractivity contribution in [3.8, 4) is 5.75 Å². The van der Waals surface area contributed by atoms with Crippen molar-refractivity contribution in [2.45, 2.75) is 32.8 Å². The van der Waals surface area contributed by atoms with Crippen LogP contribution in [0, 0.1) is 7.14 Å². The Kier molecular flexibility index (Phi) is 9.67. The number of aromatic nitrogens is 2. The highest BCUT2D eigenvalue weighted by Crippen LogP contribution is 2.31. The smallest absolute Gasteiger partial charge is 0.282 e. The summed E-state index contributed by atoms with van der Waals surface area (Å²) in [5.41, 5.74) is 2.42. The SMILES string of the molecule is CC[C@H](C)c1nc2ccc(Br)cc2c(=O)n1N=Cc1cc(I)c(OCc2ccc(Br)cc2Br)c(I)c1. The van der Waals surface area contributed by atoms with Gasteiger partial charge in [-0.2, -0.15) is 9.78 Å². The van der Waals surface area contributed by atoms with Crippen LogP contribution in [0.2, 0.25) is 0 Å². The van der Waals surface area contributed by atoms with E-state index >= 15 is 0 Å². The van der Waals surface area contributed by atoms with Crippen LogP contribution in [0.25, 0.3) is 10.9 Å². The van der Waals surface area contributed by atoms with Crippen molar-refractivity contribution >= 4 is 110 Å². The number of rotatable bonds is 7. The van der Waals surface area contributed by atoms with Crippen molar-refractivity contribution in [2.75, 3.05) is 0 Å². The topological polar surface area (TPSA) is 56.5 Å². The first-order valence-electron chi connectivity index (χ1n) is 11.0. The molecule has 0 N–H and O–H groups in total. The highest BCUT2D eigenvalue weighted by Gasteiger charge is 2.16. The Labute approximate surface area is 261 Å². The molecule has 4 rings (SSSR count). The van der Waals surface area contributed by atoms with E-state index < -0.39 is 0 Å². The summed E-state index contributed by atoms with van der Waals surface area (Å²) in [6.45, 7) is 4.58. The molecule has 0 aliphatic heterocycles. The Bertz CT molecular complexity index is 1520. The van der Waals surface area contributed by atoms with Gasteiger partial charge in [0.15, 0.2) is 0 Å². The number of halogens is 5. The van der Waals surface area contributed by atoms with Crippen LogP contribution < -0.4 is 10.3 Å². The van der Waals surface area contributed by atoms with Gasteiger partial charge in [-0.3, -0.25) is 4.79 Å². The number of hydrogen-bond donors (Lipinski definition) is 0. The molecule has 0 unspecified atom stereocenters. The van der Waals surface area contributed by atoms with Gasteiger partial charge >= 0.3 is 0 Å². The number of hydrogen-bond acceptors (Lipinski definition) is 4. The van der Waals surface area contributed by atoms with E-state index in [1.165, 1.54) is 4.68 Å². The van der Waals surface area contributed by atoms with Gasteiger partial charge in [0.25, 0.3) is 5.56 Å². The molecule has 0 spiro atoms. The van der Waals surface area contributed by atoms with Gasteiger partial charge in [0.05, 0.1) is 24.3 Å². The second-order valence-electron chi connectivity index (χ2n) is 8.14. The zero-order chi connectivity index (χ0) is 26.0. The third-order valence-corrected chi connectivity index (χ3v) is 8.94. The maximum atomic E-state index is 13.4. The second-order valence-corrected chi connectivity index (χ2v) is 13.2. The Morgan fingerprint density at radius 2 is 1.72 bits per heavy atom. The summed E-state index contributed by atoms with van der Waals surface area (Å²) in [6, 6.07) is 15.6. The third kappa shape index (κ3) is 6.41. The van der Waals surface area contributed by atoms with E-state index in [9.17, 15) is 4.79 Å². The fourth-order valence-electron chi connectivity index (χ4n) is 3.48. The van der Waals surface area contributed by atoms with E-state index in [4.69, 9.17) is 9.72 Å². The van der Waals surface area contributed by atoms with Crippen LogP contribution in [0.1, 0.15) is 43.1 Å². The number of nitrogens with zero attached hydrogens (tertiary/aromatic N) is 3. The fourth-order valence-corrected chi connectivity index (χ4v) is 7.13. The first kappa shape index (κ1) is 28.2. The monoisotopic (exact) mass is 897 g/mol. The maximum Gasteiger partial charge on any atom is 0.282 e. The Hall–Kier alpha value is -0.830. The van der Waals surface area contributed by atoms with Gasteiger partial charge in [0, 0.05) is 24.9 Å². The minimum absolute atomic E-state index is 0.0804. The molecule has 0 amide bonds. The molecular weight excluding hydrogens is 880 g/mol. The molecule has 0 aliphatic carbocycles. The van der Waals surface area contributed by atoms with E-state index in [0.717, 1.165) is 43.9 Å². The molecule has 1 atom stereocenters. The Balaban J connectivity index is 1.66. The molecule has 0 saturated carbocycles. The number of fused-ring (bicyclic) bond motifs is 1. The molecule has 1 heterocycles. The van der Waals surface area contributed by atoms with Crippen LogP contribution in [0.15, 0.2) is 71.8 Å². The first-order valence-corrected chi connectivity index (χ1v) is 15.5. The standard InChI is InChI=1S/C26H20Br3I2N3O2/c1-3-14(2)25-33-23-7-6-17(27)10-19(23)26(35)34(25)32-12-15-8-21(30)24(22(31)9-15)36-13-16-4-5-18(28)11-20(16)29/h4-12,14H,3,13H2,1-2H3/t14-/m0/s1. The van der Waals surface area contributed by atoms with E-state index in [1.807, 2.05) is 42.5 Å². The van der Waals surface area contributed by atoms with Gasteiger partial charge < -0.3 is 4.74 Å². The minimum atomic E-state index is -0.183. The minimum Gasteiger partial charge on any atom is -0.487 e. The van der Waals surface area contributed by atoms with E-state index in [0.29, 0.717) is 23.3 Å². The molecule has 4 aromatic rings. The summed E-state index contributed by atoms with van der Waals surface area (Å²) < 4.78 is 12.3. The molecule has 36 heavy (non-hydrogen) atoms. The summed E-state index contributed by atoms with van der Waals surface area (Å²) in [4.78, 5) is 18.1. The van der Waals surface area contributed by atoms with Crippen molar-refractivity contribution in [3.05, 3.63) is 96.4 Å². The lowest BCUT2D eigenvalue weighted by atomic mass is 10.1. The third-order valence-electron chi connectivity index (χ3n) is 5.62. The molecule has 0 saturated heterocycles. The Morgan fingerprint density at radius 3 is 2.39 bits per heavy atom. The van der Waals surface area contributed by atoms with Crippen molar-refractivity contribution in [1.82, 2.24) is 9.66 Å². The van der Waals surface area contributed by atoms with E-state index in [-0.39, 0.29) is 11.5 Å². The molecule has 10 heteroatoms. The normalized spacial score (nSPS) is 12.4. The lowest BCUT2D eigenvalue weighted by Crippen LogP contribution is -2.23. The summed E-state index contributed by atoms with van der Waals surface area (Å²) in [7, 11) is 0. The number of ether oxygens (including phenoxy) is 1. The summed E-state index contributed by atoms with van der Waals surface area (Å²) in [5, 5.41) is 5.12. The van der Waals surface area contributed by atoms with Gasteiger partial charge in [0.2, 0.25) is 0 Å². The van der Waals surface area contributed by atoms with Crippen molar-refractivity contribution < 1.29 is 4.74 Å². The summed E-state index contributed by atoms with van der Waals surface area (Å²) in [6.07, 6.45) is 2.55. The van der Waals surface area contributed by atoms with Crippen molar-refractivity contribution in [1.29, 1.82) is 0 Å². The van der Waals surface area contributed by atoms with E-state index in [1.54, 1.807) is 12.3 Å². The average molecular weight is 900 g/mol. The van der Waals surface area contributed by atoms with Gasteiger partial charge in [-0.15, -0.1) is 0 Å². The molecule has 0 fully saturated rings. The van der Waals surface area contributed by atoms with Gasteiger partial charge in [-0.25, -0.2) is 4.98 Å². The molecule has 1 aromatic heterocycles. The van der Waals surface area contributed by atoms with E-state index in [2.05, 4.69) is 112 Å². The van der Waals surface area contributed by atoms with Crippen LogP contribution in [-0.2, 0) is 6.61 Å². The van der Waals surface area contributed by atoms with Crippen LogP contribution in [0.4, 0.5) is 0 Å². The molecule has 5 nitrogen and oxygen atoms in total. The highest BCUT2D eigenvalue weighted by molar-refractivity contribution is 14.1. The van der Waals surface area contributed by atoms with Crippen molar-refractivity contribution in [3.63, 3.8) is 0 Å². The molecule has 0 radical (unpaired) electrons. The van der Waals surface area contributed by atoms with Gasteiger partial charge in [-0.05, 0) is 99.6 Å². The van der Waals surface area contributed by atoms with Gasteiger partial charge in [-0.1, -0.05) is 67.7 Å². The summed E-state index contributed by atoms with van der Waals surface area (Å²) in [5.74, 6) is 1.55. The highest BCUT2D eigenvalue weighted by atomic mass is 127. The van der Waals surface area contributed by atoms with Crippen LogP contribution in [-0.4, -0.2) is 15.9 Å². The lowest BCUT2D eigenvalue weighted by molar-refractivity contribution is 0.301. The van der Waals surface area contributed by atoms with Gasteiger partial charge in [0.1, 0.15) is 18.2 Å². The lowest BCUT2D eigenvalue weighted by Gasteiger charge is -2.14. The molecule has 0 bridgehead atoms. The second kappa shape index (κ2) is 12.4. The molecular formula is C26H20Br3I2N3O2. The van der Waals surface area contributed by atoms with Crippen LogP contribution in [0.3, 0.4) is 0 Å². The van der Waals surface area contributed by atoms with Crippen LogP contribution >= 0.6 is 93.0 Å². The largest absolute Gasteiger partial charge is 0.487 e. The molecule has 186 valence electrons. The Morgan fingerprint density at radius 1 is 1.06 bits per heavy atom. The predicted molar refractivity (Wildman–Crippen MR) is 173 cm³/mol. The molecule has 0 aliphatic rings. The van der Waals surface area contributed by atoms with Crippen molar-refractivity contribution in [2.24, 2.45) is 5.10 Å². The maximum absolute atomic E-state index is 13.4. The average Bonchev–Trinajstić information content (AvgIpc) is 2.83. The zero-order valence-corrected chi connectivity index (χ0v) is 28.3. The first-order chi connectivity index (χ1) is 17.2. The number of benzene rings is 3. The quantitative estimate of drug-likeness (QED) is 0.138. The zero-order valence-electron chi connectivity index (χ0n) is 19.2. The summed E-state index contributed by atoms with van der Waals surface area (Å²) >= 11 is 15.1. The molecule has 3 aromatic carbocycles. The fraction of sp³-hybridized carbons (Fsp3) is 0.192. The van der Waals surface area contributed by atoms with Crippen LogP contribution in [0.5, 0.6) is 5.75 Å². The predicted octanol–water partition coefficient (Wildman–Crippen LogP) is 8.87.